The van der Waals surface area contributed by atoms with Gasteiger partial charge in [-0.1, -0.05) is 0 Å². The van der Waals surface area contributed by atoms with Crippen molar-refractivity contribution in [2.75, 3.05) is 13.2 Å². The van der Waals surface area contributed by atoms with E-state index in [1.54, 1.807) is 0 Å². The van der Waals surface area contributed by atoms with E-state index in [0.29, 0.717) is 19.6 Å². The summed E-state index contributed by atoms with van der Waals surface area (Å²) < 4.78 is 19.7. The zero-order chi connectivity index (χ0) is 7.61. The second-order valence-electron chi connectivity index (χ2n) is 1.99. The smallest absolute Gasteiger partial charge is 0.342 e. The Morgan fingerprint density at radius 3 is 2.10 bits per heavy atom. The highest BCUT2D eigenvalue weighted by Gasteiger charge is 2.32. The lowest BCUT2D eigenvalue weighted by Crippen LogP contribution is -2.24. The molecule has 60 valence electrons. The van der Waals surface area contributed by atoms with Crippen LogP contribution in [0.25, 0.3) is 0 Å². The molecule has 0 aliphatic carbocycles. The molecular weight excluding hydrogens is 159 g/mol. The van der Waals surface area contributed by atoms with Gasteiger partial charge in [0.2, 0.25) is 0 Å². The Balaban J connectivity index is 2.47. The molecule has 0 amide bonds. The minimum Gasteiger partial charge on any atom is -0.342 e. The summed E-state index contributed by atoms with van der Waals surface area (Å²) >= 11 is 0. The van der Waals surface area contributed by atoms with E-state index in [0.717, 1.165) is 0 Å². The van der Waals surface area contributed by atoms with E-state index in [-0.39, 0.29) is 0 Å². The maximum absolute atomic E-state index is 10.4. The largest absolute Gasteiger partial charge is 0.381 e. The van der Waals surface area contributed by atoms with Gasteiger partial charge in [0.1, 0.15) is 0 Å². The second kappa shape index (κ2) is 2.98. The van der Waals surface area contributed by atoms with Crippen molar-refractivity contribution < 1.29 is 23.8 Å². The molecule has 1 fully saturated rings. The average Bonchev–Trinajstić information content (AvgIpc) is 1.88. The first-order valence-corrected chi connectivity index (χ1v) is 4.57. The van der Waals surface area contributed by atoms with Crippen molar-refractivity contribution in [2.45, 2.75) is 12.5 Å². The first-order chi connectivity index (χ1) is 4.61. The molecule has 5 nitrogen and oxygen atoms in total. The van der Waals surface area contributed by atoms with Crippen molar-refractivity contribution in [3.05, 3.63) is 0 Å². The van der Waals surface area contributed by atoms with Crippen molar-refractivity contribution >= 4 is 7.60 Å². The first kappa shape index (κ1) is 8.17. The van der Waals surface area contributed by atoms with E-state index >= 15 is 0 Å². The average molecular weight is 168 g/mol. The van der Waals surface area contributed by atoms with Crippen LogP contribution in [0.1, 0.15) is 6.42 Å². The molecule has 2 N–H and O–H groups in total. The van der Waals surface area contributed by atoms with Crippen LogP contribution in [0.5, 0.6) is 0 Å². The van der Waals surface area contributed by atoms with Gasteiger partial charge in [-0.15, -0.1) is 0 Å². The van der Waals surface area contributed by atoms with Crippen LogP contribution in [-0.2, 0) is 14.0 Å². The number of hydrogen-bond acceptors (Lipinski definition) is 3. The van der Waals surface area contributed by atoms with E-state index in [1.807, 2.05) is 0 Å². The number of hydrogen-bond donors (Lipinski definition) is 2. The second-order valence-corrected chi connectivity index (χ2v) is 3.59. The maximum Gasteiger partial charge on any atom is 0.381 e. The highest BCUT2D eigenvalue weighted by molar-refractivity contribution is 7.52. The fraction of sp³-hybridized carbons (Fsp3) is 1.00. The summed E-state index contributed by atoms with van der Waals surface area (Å²) in [6, 6.07) is -1.33. The molecular formula is C4H9O5P. The molecule has 10 heavy (non-hydrogen) atoms. The molecule has 0 aromatic rings. The van der Waals surface area contributed by atoms with Crippen molar-refractivity contribution in [1.82, 2.24) is 0 Å². The van der Waals surface area contributed by atoms with Gasteiger partial charge in [-0.3, -0.25) is 4.57 Å². The van der Waals surface area contributed by atoms with Gasteiger partial charge in [-0.25, -0.2) is 0 Å². The van der Waals surface area contributed by atoms with Crippen LogP contribution in [0.15, 0.2) is 0 Å². The molecule has 1 aliphatic rings. The Bertz CT molecular complexity index is 146. The summed E-state index contributed by atoms with van der Waals surface area (Å²) in [5.74, 6) is 0. The molecule has 0 bridgehead atoms. The third-order valence-electron chi connectivity index (χ3n) is 1.08. The molecule has 1 aliphatic heterocycles. The predicted molar refractivity (Wildman–Crippen MR) is 32.4 cm³/mol. The first-order valence-electron chi connectivity index (χ1n) is 2.89. The molecule has 0 aromatic carbocycles. The lowest BCUT2D eigenvalue weighted by molar-refractivity contribution is -0.139. The highest BCUT2D eigenvalue weighted by atomic mass is 31.2. The molecule has 1 rings (SSSR count). The summed E-state index contributed by atoms with van der Waals surface area (Å²) in [4.78, 5) is 17.0. The van der Waals surface area contributed by atoms with Crippen molar-refractivity contribution in [3.63, 3.8) is 0 Å². The van der Waals surface area contributed by atoms with Crippen LogP contribution in [0, 0.1) is 0 Å². The van der Waals surface area contributed by atoms with E-state index < -0.39 is 13.6 Å². The van der Waals surface area contributed by atoms with E-state index in [1.165, 1.54) is 0 Å². The minimum absolute atomic E-state index is 0.357. The molecule has 0 aromatic heterocycles. The third-order valence-corrected chi connectivity index (χ3v) is 1.93. The minimum atomic E-state index is -4.19. The van der Waals surface area contributed by atoms with Gasteiger partial charge in [0.05, 0.1) is 13.2 Å². The standard InChI is InChI=1S/C4H9O5P/c5-10(6,7)4-8-2-1-3-9-4/h4H,1-3H2,(H2,5,6,7). The van der Waals surface area contributed by atoms with E-state index in [4.69, 9.17) is 9.79 Å². The van der Waals surface area contributed by atoms with Gasteiger partial charge >= 0.3 is 7.60 Å². The zero-order valence-corrected chi connectivity index (χ0v) is 6.16. The number of ether oxygens (including phenoxy) is 2. The van der Waals surface area contributed by atoms with E-state index in [9.17, 15) is 4.57 Å². The molecule has 0 atom stereocenters. The van der Waals surface area contributed by atoms with Gasteiger partial charge in [-0.05, 0) is 6.42 Å². The molecule has 0 radical (unpaired) electrons. The van der Waals surface area contributed by atoms with Crippen molar-refractivity contribution in [1.29, 1.82) is 0 Å². The fourth-order valence-corrected chi connectivity index (χ4v) is 1.27. The Kier molecular flexibility index (Phi) is 2.44. The number of rotatable bonds is 1. The lowest BCUT2D eigenvalue weighted by Gasteiger charge is -2.23. The van der Waals surface area contributed by atoms with E-state index in [2.05, 4.69) is 9.47 Å². The topological polar surface area (TPSA) is 76.0 Å². The summed E-state index contributed by atoms with van der Waals surface area (Å²) in [6.45, 7) is 0.714. The maximum atomic E-state index is 10.4. The van der Waals surface area contributed by atoms with Crippen molar-refractivity contribution in [3.8, 4) is 0 Å². The Morgan fingerprint density at radius 1 is 1.30 bits per heavy atom. The summed E-state index contributed by atoms with van der Waals surface area (Å²) in [5.41, 5.74) is 0. The summed E-state index contributed by atoms with van der Waals surface area (Å²) in [5, 5.41) is 0. The quantitative estimate of drug-likeness (QED) is 0.534. The molecule has 0 saturated carbocycles. The molecule has 0 spiro atoms. The van der Waals surface area contributed by atoms with Crippen LogP contribution in [0.4, 0.5) is 0 Å². The SMILES string of the molecule is O=P(O)(O)C1OCCCO1. The highest BCUT2D eigenvalue weighted by Crippen LogP contribution is 2.43. The van der Waals surface area contributed by atoms with Gasteiger partial charge in [0.25, 0.3) is 6.03 Å². The molecule has 1 heterocycles. The lowest BCUT2D eigenvalue weighted by atomic mass is 10.5. The van der Waals surface area contributed by atoms with Crippen LogP contribution in [0.3, 0.4) is 0 Å². The van der Waals surface area contributed by atoms with Crippen LogP contribution < -0.4 is 0 Å². The Labute approximate surface area is 58.1 Å². The Hall–Kier alpha value is 0.0700. The van der Waals surface area contributed by atoms with Gasteiger partial charge in [0, 0.05) is 0 Å². The Morgan fingerprint density at radius 2 is 1.80 bits per heavy atom. The summed E-state index contributed by atoms with van der Waals surface area (Å²) in [7, 11) is -4.19. The van der Waals surface area contributed by atoms with Crippen LogP contribution in [0.2, 0.25) is 0 Å². The molecule has 1 saturated heterocycles. The van der Waals surface area contributed by atoms with Crippen LogP contribution in [-0.4, -0.2) is 29.0 Å². The zero-order valence-electron chi connectivity index (χ0n) is 5.27. The van der Waals surface area contributed by atoms with Gasteiger partial charge in [0.15, 0.2) is 0 Å². The fourth-order valence-electron chi connectivity index (χ4n) is 0.670. The van der Waals surface area contributed by atoms with Gasteiger partial charge in [-0.2, -0.15) is 0 Å². The monoisotopic (exact) mass is 168 g/mol. The van der Waals surface area contributed by atoms with Crippen molar-refractivity contribution in [2.24, 2.45) is 0 Å². The molecule has 0 unspecified atom stereocenters. The predicted octanol–water partition coefficient (Wildman–Crippen LogP) is -0.115. The van der Waals surface area contributed by atoms with Crippen LogP contribution >= 0.6 is 7.60 Å². The normalized spacial score (nSPS) is 23.0. The summed E-state index contributed by atoms with van der Waals surface area (Å²) in [6.07, 6.45) is 0.691. The van der Waals surface area contributed by atoms with Gasteiger partial charge < -0.3 is 19.3 Å². The third kappa shape index (κ3) is 2.04. The molecule has 6 heteroatoms.